The third kappa shape index (κ3) is 3.22. The fourth-order valence-electron chi connectivity index (χ4n) is 3.98. The summed E-state index contributed by atoms with van der Waals surface area (Å²) in [6.07, 6.45) is 3.65. The predicted molar refractivity (Wildman–Crippen MR) is 107 cm³/mol. The Morgan fingerprint density at radius 3 is 2.38 bits per heavy atom. The quantitative estimate of drug-likeness (QED) is 0.740. The van der Waals surface area contributed by atoms with Gasteiger partial charge in [0.05, 0.1) is 0 Å². The number of carbonyl (C=O) groups excluding carboxylic acids is 1. The highest BCUT2D eigenvalue weighted by Gasteiger charge is 2.38. The summed E-state index contributed by atoms with van der Waals surface area (Å²) in [5.41, 5.74) is 5.24. The van der Waals surface area contributed by atoms with Crippen LogP contribution in [0.4, 0.5) is 0 Å². The number of benzene rings is 2. The highest BCUT2D eigenvalue weighted by molar-refractivity contribution is 6.30. The zero-order chi connectivity index (χ0) is 18.3. The molecule has 2 aliphatic rings. The zero-order valence-electron chi connectivity index (χ0n) is 15.1. The summed E-state index contributed by atoms with van der Waals surface area (Å²) in [6.45, 7) is 4.32. The molecule has 1 unspecified atom stereocenters. The molecule has 2 nitrogen and oxygen atoms in total. The van der Waals surface area contributed by atoms with Crippen molar-refractivity contribution in [3.8, 4) is 0 Å². The molecule has 0 amide bonds. The SMILES string of the molecule is CC1(C)CC(=O)C2=C(C1)NC(c1ccc(Cl)cc1)=CC2c1ccccc1. The molecule has 0 bridgehead atoms. The number of nitrogens with one attached hydrogen (secondary N) is 1. The third-order valence-electron chi connectivity index (χ3n) is 5.16. The van der Waals surface area contributed by atoms with Crippen LogP contribution in [0.25, 0.3) is 5.70 Å². The first-order chi connectivity index (χ1) is 12.4. The highest BCUT2D eigenvalue weighted by atomic mass is 35.5. The minimum absolute atomic E-state index is 0.0123. The second kappa shape index (κ2) is 6.44. The Hall–Kier alpha value is -2.32. The van der Waals surface area contributed by atoms with Gasteiger partial charge in [-0.3, -0.25) is 4.79 Å². The van der Waals surface area contributed by atoms with E-state index in [4.69, 9.17) is 11.6 Å². The fourth-order valence-corrected chi connectivity index (χ4v) is 4.11. The van der Waals surface area contributed by atoms with Crippen LogP contribution in [0.15, 0.2) is 71.9 Å². The lowest BCUT2D eigenvalue weighted by molar-refractivity contribution is -0.118. The smallest absolute Gasteiger partial charge is 0.162 e. The number of hydrogen-bond donors (Lipinski definition) is 1. The van der Waals surface area contributed by atoms with Crippen LogP contribution < -0.4 is 5.32 Å². The summed E-state index contributed by atoms with van der Waals surface area (Å²) in [5, 5.41) is 4.27. The Kier molecular flexibility index (Phi) is 4.24. The van der Waals surface area contributed by atoms with Crippen molar-refractivity contribution in [2.24, 2.45) is 5.41 Å². The summed E-state index contributed by atoms with van der Waals surface area (Å²) < 4.78 is 0. The van der Waals surface area contributed by atoms with Crippen molar-refractivity contribution >= 4 is 23.1 Å². The summed E-state index contributed by atoms with van der Waals surface area (Å²) in [5.74, 6) is 0.241. The molecule has 0 spiro atoms. The molecule has 0 saturated carbocycles. The van der Waals surface area contributed by atoms with Gasteiger partial charge in [-0.2, -0.15) is 0 Å². The van der Waals surface area contributed by atoms with Gasteiger partial charge in [0.2, 0.25) is 0 Å². The second-order valence-corrected chi connectivity index (χ2v) is 8.37. The van der Waals surface area contributed by atoms with Gasteiger partial charge in [0.15, 0.2) is 5.78 Å². The van der Waals surface area contributed by atoms with Gasteiger partial charge in [-0.25, -0.2) is 0 Å². The molecule has 1 N–H and O–H groups in total. The van der Waals surface area contributed by atoms with Crippen LogP contribution in [-0.4, -0.2) is 5.78 Å². The van der Waals surface area contributed by atoms with Gasteiger partial charge in [-0.05, 0) is 41.2 Å². The molecule has 26 heavy (non-hydrogen) atoms. The molecule has 0 fully saturated rings. The fraction of sp³-hybridized carbons (Fsp3) is 0.261. The summed E-state index contributed by atoms with van der Waals surface area (Å²) >= 11 is 6.05. The lowest BCUT2D eigenvalue weighted by atomic mass is 9.70. The first-order valence-corrected chi connectivity index (χ1v) is 9.37. The lowest BCUT2D eigenvalue weighted by Crippen LogP contribution is -2.35. The van der Waals surface area contributed by atoms with Gasteiger partial charge >= 0.3 is 0 Å². The van der Waals surface area contributed by atoms with E-state index in [0.29, 0.717) is 6.42 Å². The topological polar surface area (TPSA) is 29.1 Å². The van der Waals surface area contributed by atoms with Crippen LogP contribution in [0, 0.1) is 5.41 Å². The van der Waals surface area contributed by atoms with E-state index >= 15 is 0 Å². The van der Waals surface area contributed by atoms with Gasteiger partial charge in [0.1, 0.15) is 0 Å². The van der Waals surface area contributed by atoms with E-state index in [1.807, 2.05) is 42.5 Å². The van der Waals surface area contributed by atoms with Crippen molar-refractivity contribution in [1.82, 2.24) is 5.32 Å². The van der Waals surface area contributed by atoms with Gasteiger partial charge in [-0.15, -0.1) is 0 Å². The van der Waals surface area contributed by atoms with Crippen LogP contribution in [-0.2, 0) is 4.79 Å². The first-order valence-electron chi connectivity index (χ1n) is 8.99. The van der Waals surface area contributed by atoms with E-state index in [1.165, 1.54) is 0 Å². The van der Waals surface area contributed by atoms with E-state index in [1.54, 1.807) is 0 Å². The first kappa shape index (κ1) is 17.1. The number of hydrogen-bond acceptors (Lipinski definition) is 2. The number of Topliss-reactive ketones (excluding diaryl/α,β-unsaturated/α-hetero) is 1. The average Bonchev–Trinajstić information content (AvgIpc) is 2.61. The molecule has 2 aromatic carbocycles. The van der Waals surface area contributed by atoms with Gasteiger partial charge in [0.25, 0.3) is 0 Å². The molecule has 0 aromatic heterocycles. The Morgan fingerprint density at radius 1 is 1.00 bits per heavy atom. The van der Waals surface area contributed by atoms with Crippen LogP contribution in [0.2, 0.25) is 5.02 Å². The monoisotopic (exact) mass is 363 g/mol. The normalized spacial score (nSPS) is 21.7. The van der Waals surface area contributed by atoms with Crippen LogP contribution >= 0.6 is 11.6 Å². The number of allylic oxidation sites excluding steroid dienone is 3. The van der Waals surface area contributed by atoms with Crippen molar-refractivity contribution in [3.63, 3.8) is 0 Å². The Morgan fingerprint density at radius 2 is 1.69 bits per heavy atom. The molecular weight excluding hydrogens is 342 g/mol. The molecule has 2 aromatic rings. The molecule has 1 heterocycles. The molecule has 132 valence electrons. The molecule has 1 aliphatic carbocycles. The molecule has 1 atom stereocenters. The Balaban J connectivity index is 1.82. The van der Waals surface area contributed by atoms with Crippen molar-refractivity contribution in [1.29, 1.82) is 0 Å². The number of rotatable bonds is 2. The van der Waals surface area contributed by atoms with E-state index in [9.17, 15) is 4.79 Å². The minimum Gasteiger partial charge on any atom is -0.358 e. The van der Waals surface area contributed by atoms with E-state index in [-0.39, 0.29) is 17.1 Å². The molecular formula is C23H22ClNO. The summed E-state index contributed by atoms with van der Waals surface area (Å²) in [4.78, 5) is 13.0. The van der Waals surface area contributed by atoms with Crippen molar-refractivity contribution in [2.75, 3.05) is 0 Å². The summed E-state index contributed by atoms with van der Waals surface area (Å²) in [7, 11) is 0. The van der Waals surface area contributed by atoms with Gasteiger partial charge in [0, 0.05) is 34.3 Å². The van der Waals surface area contributed by atoms with E-state index < -0.39 is 0 Å². The molecule has 4 rings (SSSR count). The van der Waals surface area contributed by atoms with Gasteiger partial charge in [-0.1, -0.05) is 67.9 Å². The highest BCUT2D eigenvalue weighted by Crippen LogP contribution is 2.44. The standard InChI is InChI=1S/C23H22ClNO/c1-23(2)13-20-22(21(26)14-23)18(15-6-4-3-5-7-15)12-19(25-20)16-8-10-17(24)11-9-16/h3-12,18,25H,13-14H2,1-2H3. The van der Waals surface area contributed by atoms with Crippen molar-refractivity contribution < 1.29 is 4.79 Å². The Labute approximate surface area is 159 Å². The zero-order valence-corrected chi connectivity index (χ0v) is 15.8. The third-order valence-corrected chi connectivity index (χ3v) is 5.42. The van der Waals surface area contributed by atoms with E-state index in [0.717, 1.165) is 39.5 Å². The maximum Gasteiger partial charge on any atom is 0.162 e. The summed E-state index contributed by atoms with van der Waals surface area (Å²) in [6, 6.07) is 18.1. The minimum atomic E-state index is -0.0212. The van der Waals surface area contributed by atoms with Crippen molar-refractivity contribution in [2.45, 2.75) is 32.6 Å². The molecule has 3 heteroatoms. The predicted octanol–water partition coefficient (Wildman–Crippen LogP) is 5.71. The number of carbonyl (C=O) groups is 1. The largest absolute Gasteiger partial charge is 0.358 e. The van der Waals surface area contributed by atoms with Crippen molar-refractivity contribution in [3.05, 3.63) is 88.1 Å². The molecule has 0 radical (unpaired) electrons. The average molecular weight is 364 g/mol. The van der Waals surface area contributed by atoms with Crippen LogP contribution in [0.5, 0.6) is 0 Å². The Bertz CT molecular complexity index is 907. The molecule has 1 aliphatic heterocycles. The maximum atomic E-state index is 13.0. The number of halogens is 1. The lowest BCUT2D eigenvalue weighted by Gasteiger charge is -2.38. The van der Waals surface area contributed by atoms with Crippen LogP contribution in [0.1, 0.15) is 43.7 Å². The second-order valence-electron chi connectivity index (χ2n) is 7.93. The van der Waals surface area contributed by atoms with Crippen LogP contribution in [0.3, 0.4) is 0 Å². The number of ketones is 1. The maximum absolute atomic E-state index is 13.0. The van der Waals surface area contributed by atoms with Gasteiger partial charge < -0.3 is 5.32 Å². The van der Waals surface area contributed by atoms with E-state index in [2.05, 4.69) is 37.4 Å². The molecule has 0 saturated heterocycles. The number of dihydropyridines is 1.